The molecule has 1 unspecified atom stereocenters. The second-order valence-corrected chi connectivity index (χ2v) is 6.85. The number of hydrogen-bond acceptors (Lipinski definition) is 5. The molecule has 19 heavy (non-hydrogen) atoms. The molecule has 0 aliphatic rings. The molecule has 1 aromatic carbocycles. The minimum Gasteiger partial charge on any atom is -0.393 e. The fourth-order valence-electron chi connectivity index (χ4n) is 1.58. The van der Waals surface area contributed by atoms with Crippen LogP contribution in [0.5, 0.6) is 0 Å². The van der Waals surface area contributed by atoms with Crippen LogP contribution >= 0.6 is 0 Å². The van der Waals surface area contributed by atoms with Crippen molar-refractivity contribution < 1.29 is 18.4 Å². The fraction of sp³-hybridized carbons (Fsp3) is 0.500. The SMILES string of the molecule is CC(C)C(O)Cc1ccc(S(C)(=O)=O)cc1[N+](=O)[O-]. The molecule has 0 bridgehead atoms. The second kappa shape index (κ2) is 5.66. The van der Waals surface area contributed by atoms with E-state index in [-0.39, 0.29) is 22.9 Å². The van der Waals surface area contributed by atoms with Crippen molar-refractivity contribution in [2.75, 3.05) is 6.26 Å². The molecule has 0 saturated carbocycles. The molecular weight excluding hydrogens is 270 g/mol. The Labute approximate surface area is 112 Å². The topological polar surface area (TPSA) is 97.5 Å². The summed E-state index contributed by atoms with van der Waals surface area (Å²) in [5, 5.41) is 20.8. The van der Waals surface area contributed by atoms with E-state index in [4.69, 9.17) is 0 Å². The summed E-state index contributed by atoms with van der Waals surface area (Å²) in [6.07, 6.45) is 0.412. The molecule has 106 valence electrons. The van der Waals surface area contributed by atoms with E-state index in [1.54, 1.807) is 13.8 Å². The highest BCUT2D eigenvalue weighted by molar-refractivity contribution is 7.90. The van der Waals surface area contributed by atoms with Crippen LogP contribution in [0.15, 0.2) is 23.1 Å². The third kappa shape index (κ3) is 4.00. The number of aliphatic hydroxyl groups excluding tert-OH is 1. The van der Waals surface area contributed by atoms with Gasteiger partial charge in [0, 0.05) is 24.3 Å². The summed E-state index contributed by atoms with van der Waals surface area (Å²) in [6, 6.07) is 3.75. The maximum absolute atomic E-state index is 11.4. The van der Waals surface area contributed by atoms with Crippen molar-refractivity contribution in [3.63, 3.8) is 0 Å². The van der Waals surface area contributed by atoms with E-state index in [2.05, 4.69) is 0 Å². The maximum Gasteiger partial charge on any atom is 0.273 e. The molecule has 0 saturated heterocycles. The van der Waals surface area contributed by atoms with Crippen LogP contribution in [0.2, 0.25) is 0 Å². The van der Waals surface area contributed by atoms with E-state index in [1.807, 2.05) is 0 Å². The summed E-state index contributed by atoms with van der Waals surface area (Å²) in [7, 11) is -3.49. The third-order valence-corrected chi connectivity index (χ3v) is 3.99. The van der Waals surface area contributed by atoms with Crippen LogP contribution in [0, 0.1) is 16.0 Å². The highest BCUT2D eigenvalue weighted by atomic mass is 32.2. The molecule has 1 N–H and O–H groups in total. The van der Waals surface area contributed by atoms with E-state index in [1.165, 1.54) is 12.1 Å². The predicted octanol–water partition coefficient (Wildman–Crippen LogP) is 1.56. The molecule has 0 amide bonds. The molecule has 0 aliphatic heterocycles. The van der Waals surface area contributed by atoms with Crippen molar-refractivity contribution in [3.05, 3.63) is 33.9 Å². The molecule has 7 heteroatoms. The number of nitro benzene ring substituents is 1. The van der Waals surface area contributed by atoms with Crippen LogP contribution in [-0.2, 0) is 16.3 Å². The molecule has 1 rings (SSSR count). The van der Waals surface area contributed by atoms with Gasteiger partial charge < -0.3 is 5.11 Å². The van der Waals surface area contributed by atoms with Gasteiger partial charge in [-0.3, -0.25) is 10.1 Å². The van der Waals surface area contributed by atoms with E-state index in [9.17, 15) is 23.6 Å². The lowest BCUT2D eigenvalue weighted by molar-refractivity contribution is -0.385. The predicted molar refractivity (Wildman–Crippen MR) is 70.8 cm³/mol. The van der Waals surface area contributed by atoms with Gasteiger partial charge in [0.2, 0.25) is 0 Å². The number of benzene rings is 1. The Morgan fingerprint density at radius 1 is 1.37 bits per heavy atom. The van der Waals surface area contributed by atoms with Gasteiger partial charge in [0.15, 0.2) is 9.84 Å². The van der Waals surface area contributed by atoms with Gasteiger partial charge in [-0.05, 0) is 12.0 Å². The molecule has 0 heterocycles. The number of aliphatic hydroxyl groups is 1. The van der Waals surface area contributed by atoms with Crippen molar-refractivity contribution in [1.82, 2.24) is 0 Å². The highest BCUT2D eigenvalue weighted by Crippen LogP contribution is 2.25. The normalized spacial score (nSPS) is 13.5. The quantitative estimate of drug-likeness (QED) is 0.654. The van der Waals surface area contributed by atoms with Crippen molar-refractivity contribution in [2.45, 2.75) is 31.3 Å². The maximum atomic E-state index is 11.4. The Hall–Kier alpha value is -1.47. The third-order valence-electron chi connectivity index (χ3n) is 2.88. The Kier molecular flexibility index (Phi) is 4.65. The molecule has 0 radical (unpaired) electrons. The molecule has 0 aliphatic carbocycles. The molecule has 0 fully saturated rings. The molecular formula is C12H17NO5S. The zero-order valence-corrected chi connectivity index (χ0v) is 11.8. The van der Waals surface area contributed by atoms with Gasteiger partial charge in [0.05, 0.1) is 15.9 Å². The number of sulfone groups is 1. The van der Waals surface area contributed by atoms with Crippen LogP contribution in [0.4, 0.5) is 5.69 Å². The van der Waals surface area contributed by atoms with Crippen LogP contribution in [0.25, 0.3) is 0 Å². The summed E-state index contributed by atoms with van der Waals surface area (Å²) in [5.41, 5.74) is 0.0567. The first-order chi connectivity index (χ1) is 8.62. The Morgan fingerprint density at radius 2 is 1.95 bits per heavy atom. The lowest BCUT2D eigenvalue weighted by Gasteiger charge is -2.14. The number of hydrogen-bond donors (Lipinski definition) is 1. The molecule has 1 atom stereocenters. The lowest BCUT2D eigenvalue weighted by atomic mass is 9.98. The van der Waals surface area contributed by atoms with Crippen molar-refractivity contribution >= 4 is 15.5 Å². The van der Waals surface area contributed by atoms with Crippen molar-refractivity contribution in [1.29, 1.82) is 0 Å². The Bertz CT molecular complexity index is 580. The monoisotopic (exact) mass is 287 g/mol. The zero-order valence-electron chi connectivity index (χ0n) is 11.0. The van der Waals surface area contributed by atoms with E-state index in [0.717, 1.165) is 12.3 Å². The van der Waals surface area contributed by atoms with Crippen LogP contribution in [0.3, 0.4) is 0 Å². The minimum atomic E-state index is -3.49. The minimum absolute atomic E-state index is 0.0332. The fourth-order valence-corrected chi connectivity index (χ4v) is 2.22. The lowest BCUT2D eigenvalue weighted by Crippen LogP contribution is -2.18. The average Bonchev–Trinajstić information content (AvgIpc) is 2.27. The summed E-state index contributed by atoms with van der Waals surface area (Å²) in [6.45, 7) is 3.61. The van der Waals surface area contributed by atoms with Crippen molar-refractivity contribution in [3.8, 4) is 0 Å². The van der Waals surface area contributed by atoms with Gasteiger partial charge in [-0.15, -0.1) is 0 Å². The van der Waals surface area contributed by atoms with Gasteiger partial charge in [-0.2, -0.15) is 0 Å². The number of nitro groups is 1. The summed E-state index contributed by atoms with van der Waals surface area (Å²) >= 11 is 0. The molecule has 1 aromatic rings. The highest BCUT2D eigenvalue weighted by Gasteiger charge is 2.21. The van der Waals surface area contributed by atoms with E-state index < -0.39 is 20.9 Å². The first kappa shape index (κ1) is 15.6. The van der Waals surface area contributed by atoms with E-state index >= 15 is 0 Å². The Morgan fingerprint density at radius 3 is 2.37 bits per heavy atom. The zero-order chi connectivity index (χ0) is 14.8. The van der Waals surface area contributed by atoms with Gasteiger partial charge in [0.1, 0.15) is 0 Å². The van der Waals surface area contributed by atoms with Crippen LogP contribution in [0.1, 0.15) is 19.4 Å². The van der Waals surface area contributed by atoms with Crippen molar-refractivity contribution in [2.24, 2.45) is 5.92 Å². The van der Waals surface area contributed by atoms with Crippen LogP contribution in [-0.4, -0.2) is 30.8 Å². The molecule has 6 nitrogen and oxygen atoms in total. The van der Waals surface area contributed by atoms with Crippen LogP contribution < -0.4 is 0 Å². The summed E-state index contributed by atoms with van der Waals surface area (Å²) < 4.78 is 22.8. The smallest absolute Gasteiger partial charge is 0.273 e. The Balaban J connectivity index is 3.24. The summed E-state index contributed by atoms with van der Waals surface area (Å²) in [4.78, 5) is 10.3. The molecule has 0 spiro atoms. The second-order valence-electron chi connectivity index (χ2n) is 4.84. The van der Waals surface area contributed by atoms with E-state index in [0.29, 0.717) is 5.56 Å². The van der Waals surface area contributed by atoms with Gasteiger partial charge in [0.25, 0.3) is 5.69 Å². The van der Waals surface area contributed by atoms with Gasteiger partial charge in [-0.25, -0.2) is 8.42 Å². The first-order valence-electron chi connectivity index (χ1n) is 5.78. The average molecular weight is 287 g/mol. The first-order valence-corrected chi connectivity index (χ1v) is 7.67. The molecule has 0 aromatic heterocycles. The standard InChI is InChI=1S/C12H17NO5S/c1-8(2)12(14)6-9-4-5-10(19(3,17)18)7-11(9)13(15)16/h4-5,7-8,12,14H,6H2,1-3H3. The summed E-state index contributed by atoms with van der Waals surface area (Å²) in [5.74, 6) is -0.0332. The van der Waals surface area contributed by atoms with Gasteiger partial charge >= 0.3 is 0 Å². The largest absolute Gasteiger partial charge is 0.393 e. The number of nitrogens with zero attached hydrogens (tertiary/aromatic N) is 1. The number of rotatable bonds is 5. The van der Waals surface area contributed by atoms with Gasteiger partial charge in [-0.1, -0.05) is 19.9 Å².